The van der Waals surface area contributed by atoms with Crippen LogP contribution in [0.4, 0.5) is 0 Å². The fraction of sp³-hybridized carbons (Fsp3) is 0.438. The number of para-hydroxylation sites is 1. The molecule has 1 aromatic heterocycles. The third kappa shape index (κ3) is 4.09. The number of nitrogens with one attached hydrogen (secondary N) is 1. The average Bonchev–Trinajstić information content (AvgIpc) is 3.02. The number of hydrogen-bond acceptors (Lipinski definition) is 4. The first-order valence-electron chi connectivity index (χ1n) is 7.53. The van der Waals surface area contributed by atoms with E-state index in [-0.39, 0.29) is 24.1 Å². The molecule has 0 saturated heterocycles. The molecule has 124 valence electrons. The van der Waals surface area contributed by atoms with Crippen molar-refractivity contribution in [3.05, 3.63) is 41.2 Å². The summed E-state index contributed by atoms with van der Waals surface area (Å²) in [6.45, 7) is 5.80. The van der Waals surface area contributed by atoms with Crippen molar-refractivity contribution in [1.82, 2.24) is 20.3 Å². The van der Waals surface area contributed by atoms with E-state index in [1.165, 1.54) is 10.9 Å². The van der Waals surface area contributed by atoms with Gasteiger partial charge in [0, 0.05) is 6.54 Å². The molecule has 0 fully saturated rings. The van der Waals surface area contributed by atoms with Gasteiger partial charge in [-0.15, -0.1) is 5.10 Å². The van der Waals surface area contributed by atoms with Crippen LogP contribution in [0.5, 0.6) is 0 Å². The third-order valence-corrected chi connectivity index (χ3v) is 4.43. The third-order valence-electron chi connectivity index (χ3n) is 4.11. The highest BCUT2D eigenvalue weighted by atomic mass is 35.5. The first kappa shape index (κ1) is 17.4. The molecule has 0 aliphatic rings. The van der Waals surface area contributed by atoms with E-state index in [0.717, 1.165) is 6.42 Å². The first-order chi connectivity index (χ1) is 10.8. The van der Waals surface area contributed by atoms with Crippen molar-refractivity contribution in [1.29, 1.82) is 0 Å². The lowest BCUT2D eigenvalue weighted by Gasteiger charge is -2.29. The van der Waals surface area contributed by atoms with Gasteiger partial charge in [-0.25, -0.2) is 4.68 Å². The van der Waals surface area contributed by atoms with E-state index in [1.807, 2.05) is 26.0 Å². The Labute approximate surface area is 140 Å². The Morgan fingerprint density at radius 1 is 1.48 bits per heavy atom. The Bertz CT molecular complexity index is 684. The molecule has 0 radical (unpaired) electrons. The van der Waals surface area contributed by atoms with Crippen molar-refractivity contribution >= 4 is 17.5 Å². The van der Waals surface area contributed by atoms with Crippen LogP contribution in [0.3, 0.4) is 0 Å². The number of amides is 1. The molecule has 6 nitrogen and oxygen atoms in total. The van der Waals surface area contributed by atoms with Crippen molar-refractivity contribution in [3.63, 3.8) is 0 Å². The quantitative estimate of drug-likeness (QED) is 0.849. The van der Waals surface area contributed by atoms with E-state index in [2.05, 4.69) is 15.6 Å². The highest BCUT2D eigenvalue weighted by Crippen LogP contribution is 2.20. The molecule has 0 saturated carbocycles. The lowest BCUT2D eigenvalue weighted by atomic mass is 9.88. The predicted molar refractivity (Wildman–Crippen MR) is 88.8 cm³/mol. The van der Waals surface area contributed by atoms with Crippen LogP contribution in [0.25, 0.3) is 5.69 Å². The average molecular weight is 337 g/mol. The monoisotopic (exact) mass is 336 g/mol. The summed E-state index contributed by atoms with van der Waals surface area (Å²) >= 11 is 6.10. The zero-order chi connectivity index (χ0) is 17.0. The number of nitrogens with zero attached hydrogens (tertiary/aromatic N) is 3. The highest BCUT2D eigenvalue weighted by Gasteiger charge is 2.28. The fourth-order valence-electron chi connectivity index (χ4n) is 2.09. The highest BCUT2D eigenvalue weighted by molar-refractivity contribution is 6.32. The largest absolute Gasteiger partial charge is 0.388 e. The maximum atomic E-state index is 12.2. The van der Waals surface area contributed by atoms with Crippen LogP contribution in [0.15, 0.2) is 30.5 Å². The minimum absolute atomic E-state index is 0.0709. The molecule has 2 N–H and O–H groups in total. The number of carbonyl (C=O) groups is 1. The van der Waals surface area contributed by atoms with Crippen LogP contribution in [-0.2, 0) is 0 Å². The Hall–Kier alpha value is -1.92. The Morgan fingerprint density at radius 3 is 2.83 bits per heavy atom. The van der Waals surface area contributed by atoms with Gasteiger partial charge in [0.05, 0.1) is 22.5 Å². The maximum absolute atomic E-state index is 12.2. The smallest absolute Gasteiger partial charge is 0.273 e. The van der Waals surface area contributed by atoms with E-state index in [4.69, 9.17) is 11.6 Å². The molecule has 23 heavy (non-hydrogen) atoms. The molecular weight excluding hydrogens is 316 g/mol. The number of aromatic nitrogens is 3. The summed E-state index contributed by atoms with van der Waals surface area (Å²) in [7, 11) is 0. The molecule has 7 heteroatoms. The second kappa shape index (κ2) is 7.10. The van der Waals surface area contributed by atoms with Crippen molar-refractivity contribution < 1.29 is 9.90 Å². The van der Waals surface area contributed by atoms with Crippen LogP contribution >= 0.6 is 11.6 Å². The molecule has 1 heterocycles. The number of hydrogen-bond donors (Lipinski definition) is 2. The Kier molecular flexibility index (Phi) is 5.38. The molecule has 2 rings (SSSR count). The van der Waals surface area contributed by atoms with Crippen LogP contribution < -0.4 is 5.32 Å². The number of benzene rings is 1. The second-order valence-corrected chi connectivity index (χ2v) is 6.26. The van der Waals surface area contributed by atoms with Crippen LogP contribution in [-0.4, -0.2) is 38.2 Å². The summed E-state index contributed by atoms with van der Waals surface area (Å²) < 4.78 is 1.45. The van der Waals surface area contributed by atoms with Gasteiger partial charge in [0.1, 0.15) is 0 Å². The number of rotatable bonds is 6. The van der Waals surface area contributed by atoms with Gasteiger partial charge in [-0.2, -0.15) is 0 Å². The molecule has 0 bridgehead atoms. The van der Waals surface area contributed by atoms with Gasteiger partial charge in [-0.05, 0) is 25.0 Å². The number of carbonyl (C=O) groups excluding carboxylic acids is 1. The van der Waals surface area contributed by atoms with E-state index in [0.29, 0.717) is 10.7 Å². The van der Waals surface area contributed by atoms with E-state index < -0.39 is 5.60 Å². The van der Waals surface area contributed by atoms with Gasteiger partial charge < -0.3 is 10.4 Å². The molecule has 1 amide bonds. The van der Waals surface area contributed by atoms with E-state index >= 15 is 0 Å². The van der Waals surface area contributed by atoms with Crippen molar-refractivity contribution in [3.8, 4) is 5.69 Å². The van der Waals surface area contributed by atoms with E-state index in [1.54, 1.807) is 19.1 Å². The van der Waals surface area contributed by atoms with Gasteiger partial charge in [-0.1, -0.05) is 49.2 Å². The Morgan fingerprint density at radius 2 is 2.17 bits per heavy atom. The molecule has 2 atom stereocenters. The van der Waals surface area contributed by atoms with Crippen molar-refractivity contribution in [2.24, 2.45) is 5.92 Å². The van der Waals surface area contributed by atoms with Crippen molar-refractivity contribution in [2.75, 3.05) is 6.54 Å². The molecule has 0 aliphatic carbocycles. The predicted octanol–water partition coefficient (Wildman–Crippen LogP) is 2.45. The molecule has 1 aromatic carbocycles. The minimum atomic E-state index is -0.969. The summed E-state index contributed by atoms with van der Waals surface area (Å²) in [4.78, 5) is 12.2. The molecule has 2 unspecified atom stereocenters. The summed E-state index contributed by atoms with van der Waals surface area (Å²) in [6, 6.07) is 7.16. The van der Waals surface area contributed by atoms with Gasteiger partial charge in [0.15, 0.2) is 5.69 Å². The molecule has 2 aromatic rings. The number of aliphatic hydroxyl groups is 1. The SMILES string of the molecule is CCC(C)C(C)(O)CNC(=O)c1cn(-c2ccccc2Cl)nn1. The summed E-state index contributed by atoms with van der Waals surface area (Å²) in [6.07, 6.45) is 2.33. The summed E-state index contributed by atoms with van der Waals surface area (Å²) in [5.74, 6) is -0.312. The zero-order valence-electron chi connectivity index (χ0n) is 13.5. The van der Waals surface area contributed by atoms with Gasteiger partial charge in [-0.3, -0.25) is 4.79 Å². The molecular formula is C16H21ClN4O2. The fourth-order valence-corrected chi connectivity index (χ4v) is 2.31. The minimum Gasteiger partial charge on any atom is -0.388 e. The number of halogens is 1. The normalized spacial score (nSPS) is 15.0. The molecule has 0 aliphatic heterocycles. The standard InChI is InChI=1S/C16H21ClN4O2/c1-4-11(2)16(3,23)10-18-15(22)13-9-21(20-19-13)14-8-6-5-7-12(14)17/h5-9,11,23H,4,10H2,1-3H3,(H,18,22). The van der Waals surface area contributed by atoms with Crippen LogP contribution in [0.1, 0.15) is 37.7 Å². The van der Waals surface area contributed by atoms with Crippen LogP contribution in [0.2, 0.25) is 5.02 Å². The topological polar surface area (TPSA) is 80.0 Å². The van der Waals surface area contributed by atoms with Gasteiger partial charge >= 0.3 is 0 Å². The summed E-state index contributed by atoms with van der Waals surface area (Å²) in [5, 5.41) is 21.3. The lowest BCUT2D eigenvalue weighted by Crippen LogP contribution is -2.45. The molecule has 0 spiro atoms. The summed E-state index contributed by atoms with van der Waals surface area (Å²) in [5.41, 5.74) is -0.152. The maximum Gasteiger partial charge on any atom is 0.273 e. The second-order valence-electron chi connectivity index (χ2n) is 5.85. The van der Waals surface area contributed by atoms with E-state index in [9.17, 15) is 9.90 Å². The lowest BCUT2D eigenvalue weighted by molar-refractivity contribution is 0.00588. The first-order valence-corrected chi connectivity index (χ1v) is 7.90. The van der Waals surface area contributed by atoms with Crippen LogP contribution in [0, 0.1) is 5.92 Å². The van der Waals surface area contributed by atoms with Crippen molar-refractivity contribution in [2.45, 2.75) is 32.8 Å². The van der Waals surface area contributed by atoms with Gasteiger partial charge in [0.25, 0.3) is 5.91 Å². The zero-order valence-corrected chi connectivity index (χ0v) is 14.2. The van der Waals surface area contributed by atoms with Gasteiger partial charge in [0.2, 0.25) is 0 Å². The Balaban J connectivity index is 2.06.